The third-order valence-electron chi connectivity index (χ3n) is 3.90. The zero-order chi connectivity index (χ0) is 14.9. The van der Waals surface area contributed by atoms with E-state index in [0.717, 1.165) is 22.1 Å². The van der Waals surface area contributed by atoms with Crippen LogP contribution in [0.5, 0.6) is 0 Å². The number of nitrogens with two attached hydrogens (primary N) is 1. The van der Waals surface area contributed by atoms with Crippen LogP contribution in [0.15, 0.2) is 0 Å². The Morgan fingerprint density at radius 2 is 2.25 bits per heavy atom. The lowest BCUT2D eigenvalue weighted by Gasteiger charge is -2.32. The summed E-state index contributed by atoms with van der Waals surface area (Å²) >= 11 is 1.61. The lowest BCUT2D eigenvalue weighted by molar-refractivity contribution is 0.567. The summed E-state index contributed by atoms with van der Waals surface area (Å²) in [4.78, 5) is 7.97. The van der Waals surface area contributed by atoms with Crippen molar-refractivity contribution in [2.45, 2.75) is 45.7 Å². The van der Waals surface area contributed by atoms with Crippen molar-refractivity contribution in [2.75, 3.05) is 23.0 Å². The van der Waals surface area contributed by atoms with Gasteiger partial charge in [-0.1, -0.05) is 13.8 Å². The molecule has 20 heavy (non-hydrogen) atoms. The van der Waals surface area contributed by atoms with Gasteiger partial charge in [-0.2, -0.15) is 0 Å². The summed E-state index contributed by atoms with van der Waals surface area (Å²) in [5, 5.41) is 0.920. The maximum Gasteiger partial charge on any atom is 0.186 e. The Morgan fingerprint density at radius 1 is 1.55 bits per heavy atom. The number of sulfone groups is 1. The first-order valence-electron chi connectivity index (χ1n) is 7.04. The van der Waals surface area contributed by atoms with Crippen molar-refractivity contribution in [3.8, 4) is 0 Å². The number of rotatable bonds is 4. The standard InChI is InChI=1S/C13H23N3O2S2/c1-4-9(2)12-11(7-14)19-13(15-12)16-5-6-20(17,18)8-10(16)3/h9-10H,4-8,14H2,1-3H3. The summed E-state index contributed by atoms with van der Waals surface area (Å²) in [6.45, 7) is 7.27. The van der Waals surface area contributed by atoms with E-state index in [1.807, 2.05) is 6.92 Å². The number of aromatic nitrogens is 1. The molecule has 0 radical (unpaired) electrons. The van der Waals surface area contributed by atoms with Gasteiger partial charge in [-0.25, -0.2) is 13.4 Å². The molecule has 1 aromatic rings. The highest BCUT2D eigenvalue weighted by molar-refractivity contribution is 7.91. The van der Waals surface area contributed by atoms with Gasteiger partial charge in [0.25, 0.3) is 0 Å². The molecular weight excluding hydrogens is 294 g/mol. The molecule has 2 heterocycles. The molecule has 5 nitrogen and oxygen atoms in total. The summed E-state index contributed by atoms with van der Waals surface area (Å²) in [6, 6.07) is -0.0182. The van der Waals surface area contributed by atoms with Gasteiger partial charge in [0.2, 0.25) is 0 Å². The van der Waals surface area contributed by atoms with Gasteiger partial charge in [0.05, 0.1) is 17.2 Å². The van der Waals surface area contributed by atoms with E-state index >= 15 is 0 Å². The van der Waals surface area contributed by atoms with Gasteiger partial charge < -0.3 is 10.6 Å². The van der Waals surface area contributed by atoms with Gasteiger partial charge in [-0.05, 0) is 19.3 Å². The SMILES string of the molecule is CCC(C)c1nc(N2CCS(=O)(=O)CC2C)sc1CN. The van der Waals surface area contributed by atoms with E-state index in [0.29, 0.717) is 19.0 Å². The Kier molecular flexibility index (Phi) is 4.71. The number of hydrogen-bond acceptors (Lipinski definition) is 6. The maximum absolute atomic E-state index is 11.7. The molecule has 0 amide bonds. The number of nitrogens with zero attached hydrogens (tertiary/aromatic N) is 2. The van der Waals surface area contributed by atoms with Gasteiger partial charge in [-0.15, -0.1) is 11.3 Å². The van der Waals surface area contributed by atoms with Crippen LogP contribution in [0.4, 0.5) is 5.13 Å². The summed E-state index contributed by atoms with van der Waals surface area (Å²) in [5.41, 5.74) is 6.90. The summed E-state index contributed by atoms with van der Waals surface area (Å²) in [5.74, 6) is 0.818. The molecule has 1 fully saturated rings. The van der Waals surface area contributed by atoms with Crippen molar-refractivity contribution in [3.05, 3.63) is 10.6 Å². The van der Waals surface area contributed by atoms with E-state index in [1.165, 1.54) is 0 Å². The van der Waals surface area contributed by atoms with Crippen LogP contribution in [-0.2, 0) is 16.4 Å². The molecule has 1 saturated heterocycles. The second-order valence-electron chi connectivity index (χ2n) is 5.48. The van der Waals surface area contributed by atoms with Crippen molar-refractivity contribution in [3.63, 3.8) is 0 Å². The predicted molar refractivity (Wildman–Crippen MR) is 84.2 cm³/mol. The van der Waals surface area contributed by atoms with Crippen LogP contribution in [0.1, 0.15) is 43.7 Å². The van der Waals surface area contributed by atoms with Gasteiger partial charge in [0.1, 0.15) is 0 Å². The average Bonchev–Trinajstić information content (AvgIpc) is 2.80. The average molecular weight is 317 g/mol. The first-order chi connectivity index (χ1) is 9.38. The second kappa shape index (κ2) is 5.99. The second-order valence-corrected chi connectivity index (χ2v) is 8.77. The minimum Gasteiger partial charge on any atom is -0.343 e. The van der Waals surface area contributed by atoms with Crippen LogP contribution in [0.25, 0.3) is 0 Å². The number of hydrogen-bond donors (Lipinski definition) is 1. The molecule has 1 aliphatic rings. The van der Waals surface area contributed by atoms with E-state index in [2.05, 4.69) is 18.7 Å². The Hall–Kier alpha value is -0.660. The highest BCUT2D eigenvalue weighted by atomic mass is 32.2. The third kappa shape index (κ3) is 3.15. The van der Waals surface area contributed by atoms with Crippen LogP contribution in [0, 0.1) is 0 Å². The zero-order valence-electron chi connectivity index (χ0n) is 12.3. The Balaban J connectivity index is 2.27. The smallest absolute Gasteiger partial charge is 0.186 e. The largest absolute Gasteiger partial charge is 0.343 e. The van der Waals surface area contributed by atoms with Crippen LogP contribution in [0.3, 0.4) is 0 Å². The van der Waals surface area contributed by atoms with Gasteiger partial charge in [0, 0.05) is 24.0 Å². The quantitative estimate of drug-likeness (QED) is 0.915. The Labute approximate surface area is 125 Å². The van der Waals surface area contributed by atoms with E-state index in [-0.39, 0.29) is 17.5 Å². The van der Waals surface area contributed by atoms with Crippen molar-refractivity contribution in [1.29, 1.82) is 0 Å². The topological polar surface area (TPSA) is 76.3 Å². The molecule has 1 aliphatic heterocycles. The Bertz CT molecular complexity index is 568. The normalized spacial score (nSPS) is 23.8. The molecule has 0 spiro atoms. The molecule has 114 valence electrons. The molecule has 0 saturated carbocycles. The van der Waals surface area contributed by atoms with E-state index in [4.69, 9.17) is 10.7 Å². The number of thiazole rings is 1. The fourth-order valence-corrected chi connectivity index (χ4v) is 5.23. The molecule has 0 aliphatic carbocycles. The summed E-state index contributed by atoms with van der Waals surface area (Å²) in [7, 11) is -2.89. The van der Waals surface area contributed by atoms with E-state index in [1.54, 1.807) is 11.3 Å². The molecule has 2 N–H and O–H groups in total. The highest BCUT2D eigenvalue weighted by Crippen LogP contribution is 2.33. The molecule has 1 aromatic heterocycles. The molecule has 0 aromatic carbocycles. The van der Waals surface area contributed by atoms with Crippen molar-refractivity contribution < 1.29 is 8.42 Å². The predicted octanol–water partition coefficient (Wildman–Crippen LogP) is 1.74. The first kappa shape index (κ1) is 15.7. The highest BCUT2D eigenvalue weighted by Gasteiger charge is 2.30. The fourth-order valence-electron chi connectivity index (χ4n) is 2.48. The van der Waals surface area contributed by atoms with E-state index in [9.17, 15) is 8.42 Å². The zero-order valence-corrected chi connectivity index (χ0v) is 13.9. The van der Waals surface area contributed by atoms with Gasteiger partial charge in [0.15, 0.2) is 15.0 Å². The Morgan fingerprint density at radius 3 is 2.80 bits per heavy atom. The molecule has 2 unspecified atom stereocenters. The lowest BCUT2D eigenvalue weighted by Crippen LogP contribution is -2.47. The summed E-state index contributed by atoms with van der Waals surface area (Å²) < 4.78 is 23.3. The monoisotopic (exact) mass is 317 g/mol. The fraction of sp³-hybridized carbons (Fsp3) is 0.769. The molecule has 2 atom stereocenters. The summed E-state index contributed by atoms with van der Waals surface area (Å²) in [6.07, 6.45) is 1.03. The minimum absolute atomic E-state index is 0.0182. The third-order valence-corrected chi connectivity index (χ3v) is 6.82. The lowest BCUT2D eigenvalue weighted by atomic mass is 10.0. The van der Waals surface area contributed by atoms with Crippen LogP contribution < -0.4 is 10.6 Å². The molecule has 0 bridgehead atoms. The maximum atomic E-state index is 11.7. The van der Waals surface area contributed by atoms with Crippen LogP contribution in [-0.4, -0.2) is 37.5 Å². The van der Waals surface area contributed by atoms with Crippen molar-refractivity contribution in [1.82, 2.24) is 4.98 Å². The van der Waals surface area contributed by atoms with Crippen LogP contribution in [0.2, 0.25) is 0 Å². The molecular formula is C13H23N3O2S2. The van der Waals surface area contributed by atoms with Gasteiger partial charge >= 0.3 is 0 Å². The van der Waals surface area contributed by atoms with Crippen molar-refractivity contribution >= 4 is 26.3 Å². The van der Waals surface area contributed by atoms with Crippen LogP contribution >= 0.6 is 11.3 Å². The first-order valence-corrected chi connectivity index (χ1v) is 9.68. The van der Waals surface area contributed by atoms with E-state index < -0.39 is 9.84 Å². The van der Waals surface area contributed by atoms with Crippen molar-refractivity contribution in [2.24, 2.45) is 5.73 Å². The molecule has 7 heteroatoms. The molecule has 2 rings (SSSR count). The van der Waals surface area contributed by atoms with Gasteiger partial charge in [-0.3, -0.25) is 0 Å². The number of anilines is 1. The minimum atomic E-state index is -2.89.